The van der Waals surface area contributed by atoms with E-state index in [-0.39, 0.29) is 58.4 Å². The van der Waals surface area contributed by atoms with Crippen LogP contribution in [0.2, 0.25) is 20.1 Å². The van der Waals surface area contributed by atoms with E-state index >= 15 is 4.39 Å². The Labute approximate surface area is 239 Å². The first kappa shape index (κ1) is 27.5. The van der Waals surface area contributed by atoms with E-state index in [0.29, 0.717) is 5.52 Å². The van der Waals surface area contributed by atoms with Gasteiger partial charge in [0.2, 0.25) is 5.43 Å². The van der Waals surface area contributed by atoms with Crippen LogP contribution in [0.1, 0.15) is 50.0 Å². The minimum Gasteiger partial charge on any atom is -0.478 e. The number of anilines is 1. The number of pyridine rings is 1. The number of rotatable bonds is 5. The molecule has 5 rings (SSSR count). The summed E-state index contributed by atoms with van der Waals surface area (Å²) in [6, 6.07) is 2.59. The SMILES string of the molecule is O=C(O)c1c(Cl)c(Cl)c(Cl)c(Cl)c1C(=O)N1CCN(c2cc3c(cc2F)c(=O)c(C(=O)O)cn3C2CC2)CC1. The molecular formula is C25H18Cl4FN3O6. The molecule has 0 bridgehead atoms. The van der Waals surface area contributed by atoms with Crippen LogP contribution < -0.4 is 10.3 Å². The number of hydrogen-bond acceptors (Lipinski definition) is 5. The Hall–Kier alpha value is -3.05. The van der Waals surface area contributed by atoms with Gasteiger partial charge in [-0.15, -0.1) is 0 Å². The molecule has 0 radical (unpaired) electrons. The highest BCUT2D eigenvalue weighted by Gasteiger charge is 2.33. The van der Waals surface area contributed by atoms with E-state index in [1.165, 1.54) is 17.2 Å². The number of aromatic carboxylic acids is 2. The monoisotopic (exact) mass is 615 g/mol. The number of hydrogen-bond donors (Lipinski definition) is 2. The number of carboxylic acids is 2. The first-order chi connectivity index (χ1) is 18.4. The standard InChI is InChI=1S/C25H18Cl4FN3O6/c26-18-16(17(25(38)39)19(27)21(29)20(18)28)23(35)32-5-3-31(4-6-32)15-8-14-11(7-13(15)30)22(34)12(24(36)37)9-33(14)10-1-2-10/h7-10H,1-6H2,(H,36,37)(H,38,39). The summed E-state index contributed by atoms with van der Waals surface area (Å²) in [5, 5.41) is 17.8. The third-order valence-corrected chi connectivity index (χ3v) is 8.68. The Balaban J connectivity index is 1.46. The predicted octanol–water partition coefficient (Wildman–Crippen LogP) is 5.45. The van der Waals surface area contributed by atoms with Gasteiger partial charge < -0.3 is 24.6 Å². The summed E-state index contributed by atoms with van der Waals surface area (Å²) in [6.45, 7) is 0.502. The van der Waals surface area contributed by atoms with E-state index in [4.69, 9.17) is 46.4 Å². The van der Waals surface area contributed by atoms with Gasteiger partial charge in [-0.3, -0.25) is 9.59 Å². The zero-order valence-electron chi connectivity index (χ0n) is 19.8. The molecule has 9 nitrogen and oxygen atoms in total. The molecule has 2 fully saturated rings. The van der Waals surface area contributed by atoms with Crippen molar-refractivity contribution in [3.63, 3.8) is 0 Å². The molecule has 2 heterocycles. The third-order valence-electron chi connectivity index (χ3n) is 6.87. The minimum atomic E-state index is -1.51. The summed E-state index contributed by atoms with van der Waals surface area (Å²) < 4.78 is 17.0. The highest BCUT2D eigenvalue weighted by atomic mass is 35.5. The van der Waals surface area contributed by atoms with Crippen molar-refractivity contribution in [2.24, 2.45) is 0 Å². The van der Waals surface area contributed by atoms with Crippen LogP contribution >= 0.6 is 46.4 Å². The Morgan fingerprint density at radius 3 is 1.97 bits per heavy atom. The van der Waals surface area contributed by atoms with Crippen LogP contribution in [0.15, 0.2) is 23.1 Å². The van der Waals surface area contributed by atoms with Gasteiger partial charge in [0, 0.05) is 43.8 Å². The maximum absolute atomic E-state index is 15.3. The fraction of sp³-hybridized carbons (Fsp3) is 0.280. The fourth-order valence-electron chi connectivity index (χ4n) is 4.75. The minimum absolute atomic E-state index is 0.0187. The third kappa shape index (κ3) is 4.69. The number of amides is 1. The smallest absolute Gasteiger partial charge is 0.341 e. The molecule has 2 N–H and O–H groups in total. The van der Waals surface area contributed by atoms with E-state index in [1.807, 2.05) is 0 Å². The Morgan fingerprint density at radius 1 is 0.846 bits per heavy atom. The number of benzene rings is 2. The normalized spacial score (nSPS) is 15.6. The second-order valence-corrected chi connectivity index (χ2v) is 10.7. The molecule has 1 aliphatic carbocycles. The van der Waals surface area contributed by atoms with Gasteiger partial charge in [0.15, 0.2) is 0 Å². The molecule has 39 heavy (non-hydrogen) atoms. The summed E-state index contributed by atoms with van der Waals surface area (Å²) in [6.07, 6.45) is 2.92. The molecule has 1 saturated heterocycles. The Bertz CT molecular complexity index is 1650. The average Bonchev–Trinajstić information content (AvgIpc) is 3.74. The summed E-state index contributed by atoms with van der Waals surface area (Å²) in [7, 11) is 0. The van der Waals surface area contributed by atoms with Crippen molar-refractivity contribution in [3.05, 3.63) is 71.2 Å². The van der Waals surface area contributed by atoms with Crippen molar-refractivity contribution in [1.82, 2.24) is 9.47 Å². The van der Waals surface area contributed by atoms with Gasteiger partial charge in [0.25, 0.3) is 5.91 Å². The highest BCUT2D eigenvalue weighted by molar-refractivity contribution is 6.54. The van der Waals surface area contributed by atoms with E-state index in [0.717, 1.165) is 18.9 Å². The first-order valence-corrected chi connectivity index (χ1v) is 13.2. The Morgan fingerprint density at radius 2 is 1.44 bits per heavy atom. The van der Waals surface area contributed by atoms with E-state index in [9.17, 15) is 29.4 Å². The number of halogens is 5. The molecule has 0 spiro atoms. The van der Waals surface area contributed by atoms with Crippen molar-refractivity contribution in [1.29, 1.82) is 0 Å². The molecule has 2 aromatic carbocycles. The Kier molecular flexibility index (Phi) is 7.17. The van der Waals surface area contributed by atoms with Crippen molar-refractivity contribution in [3.8, 4) is 0 Å². The molecule has 3 aromatic rings. The van der Waals surface area contributed by atoms with Crippen LogP contribution in [0.25, 0.3) is 10.9 Å². The number of carbonyl (C=O) groups is 3. The van der Waals surface area contributed by atoms with E-state index in [2.05, 4.69) is 0 Å². The number of nitrogens with zero attached hydrogens (tertiary/aromatic N) is 3. The highest BCUT2D eigenvalue weighted by Crippen LogP contribution is 2.42. The first-order valence-electron chi connectivity index (χ1n) is 11.7. The van der Waals surface area contributed by atoms with Gasteiger partial charge >= 0.3 is 11.9 Å². The molecule has 204 valence electrons. The van der Waals surface area contributed by atoms with Crippen LogP contribution in [0.4, 0.5) is 10.1 Å². The maximum atomic E-state index is 15.3. The van der Waals surface area contributed by atoms with Crippen LogP contribution in [0.5, 0.6) is 0 Å². The molecule has 1 saturated carbocycles. The summed E-state index contributed by atoms with van der Waals surface area (Å²) >= 11 is 24.3. The van der Waals surface area contributed by atoms with Crippen molar-refractivity contribution >= 4 is 80.8 Å². The lowest BCUT2D eigenvalue weighted by atomic mass is 10.0. The quantitative estimate of drug-likeness (QED) is 0.289. The molecule has 1 aromatic heterocycles. The molecular weight excluding hydrogens is 599 g/mol. The lowest BCUT2D eigenvalue weighted by molar-refractivity contribution is 0.0672. The molecule has 14 heteroatoms. The topological polar surface area (TPSA) is 120 Å². The van der Waals surface area contributed by atoms with Gasteiger partial charge in [-0.05, 0) is 25.0 Å². The number of aromatic nitrogens is 1. The van der Waals surface area contributed by atoms with Crippen molar-refractivity contribution in [2.75, 3.05) is 31.1 Å². The van der Waals surface area contributed by atoms with Crippen LogP contribution in [0, 0.1) is 5.82 Å². The largest absolute Gasteiger partial charge is 0.478 e. The van der Waals surface area contributed by atoms with Gasteiger partial charge in [0.05, 0.1) is 42.4 Å². The van der Waals surface area contributed by atoms with Crippen LogP contribution in [0.3, 0.4) is 0 Å². The van der Waals surface area contributed by atoms with Crippen LogP contribution in [-0.4, -0.2) is 63.7 Å². The number of fused-ring (bicyclic) bond motifs is 1. The van der Waals surface area contributed by atoms with Crippen molar-refractivity contribution < 1.29 is 29.0 Å². The number of carboxylic acid groups (broad SMARTS) is 2. The summed E-state index contributed by atoms with van der Waals surface area (Å²) in [4.78, 5) is 52.5. The van der Waals surface area contributed by atoms with Gasteiger partial charge in [-0.1, -0.05) is 46.4 Å². The molecule has 0 unspecified atom stereocenters. The predicted molar refractivity (Wildman–Crippen MR) is 145 cm³/mol. The average molecular weight is 617 g/mol. The van der Waals surface area contributed by atoms with Crippen LogP contribution in [-0.2, 0) is 0 Å². The zero-order chi connectivity index (χ0) is 28.3. The second kappa shape index (κ2) is 10.2. The molecule has 1 amide bonds. The number of piperazine rings is 1. The fourth-order valence-corrected chi connectivity index (χ4v) is 5.76. The molecule has 1 aliphatic heterocycles. The van der Waals surface area contributed by atoms with E-state index < -0.39 is 50.8 Å². The summed E-state index contributed by atoms with van der Waals surface area (Å²) in [5.41, 5.74) is -1.53. The lowest BCUT2D eigenvalue weighted by Crippen LogP contribution is -2.49. The molecule has 0 atom stereocenters. The van der Waals surface area contributed by atoms with Crippen molar-refractivity contribution in [2.45, 2.75) is 18.9 Å². The van der Waals surface area contributed by atoms with Gasteiger partial charge in [-0.2, -0.15) is 0 Å². The molecule has 2 aliphatic rings. The zero-order valence-corrected chi connectivity index (χ0v) is 22.8. The maximum Gasteiger partial charge on any atom is 0.341 e. The summed E-state index contributed by atoms with van der Waals surface area (Å²) in [5.74, 6) is -4.32. The second-order valence-electron chi connectivity index (χ2n) is 9.23. The van der Waals surface area contributed by atoms with Gasteiger partial charge in [0.1, 0.15) is 11.4 Å². The lowest BCUT2D eigenvalue weighted by Gasteiger charge is -2.36. The van der Waals surface area contributed by atoms with E-state index in [1.54, 1.807) is 9.47 Å². The number of carbonyl (C=O) groups excluding carboxylic acids is 1. The van der Waals surface area contributed by atoms with Gasteiger partial charge in [-0.25, -0.2) is 14.0 Å².